The molecule has 0 heterocycles. The summed E-state index contributed by atoms with van der Waals surface area (Å²) in [6.45, 7) is 3.65. The SMILES string of the molecule is CCOC(=O)OC1(C)CCCCCC1=O. The molecule has 86 valence electrons. The van der Waals surface area contributed by atoms with Crippen molar-refractivity contribution in [3.05, 3.63) is 0 Å². The monoisotopic (exact) mass is 214 g/mol. The van der Waals surface area contributed by atoms with E-state index in [4.69, 9.17) is 4.74 Å². The summed E-state index contributed by atoms with van der Waals surface area (Å²) in [5.41, 5.74) is -0.969. The molecule has 1 aliphatic rings. The summed E-state index contributed by atoms with van der Waals surface area (Å²) in [7, 11) is 0. The Morgan fingerprint density at radius 1 is 1.40 bits per heavy atom. The molecule has 0 amide bonds. The Labute approximate surface area is 89.9 Å². The maximum absolute atomic E-state index is 11.7. The molecular formula is C11H18O4. The molecule has 0 radical (unpaired) electrons. The number of Topliss-reactive ketones (excluding diaryl/α,β-unsaturated/α-hetero) is 1. The maximum Gasteiger partial charge on any atom is 0.509 e. The molecule has 0 saturated heterocycles. The molecule has 1 atom stereocenters. The molecule has 0 aromatic rings. The molecule has 0 N–H and O–H groups in total. The third-order valence-electron chi connectivity index (χ3n) is 2.72. The quantitative estimate of drug-likeness (QED) is 0.523. The lowest BCUT2D eigenvalue weighted by atomic mass is 9.95. The van der Waals surface area contributed by atoms with Crippen LogP contribution >= 0.6 is 0 Å². The lowest BCUT2D eigenvalue weighted by molar-refractivity contribution is -0.138. The van der Waals surface area contributed by atoms with Gasteiger partial charge in [-0.3, -0.25) is 4.79 Å². The largest absolute Gasteiger partial charge is 0.509 e. The van der Waals surface area contributed by atoms with Crippen molar-refractivity contribution in [2.75, 3.05) is 6.61 Å². The lowest BCUT2D eigenvalue weighted by Gasteiger charge is -2.25. The predicted molar refractivity (Wildman–Crippen MR) is 54.6 cm³/mol. The van der Waals surface area contributed by atoms with Crippen LogP contribution < -0.4 is 0 Å². The van der Waals surface area contributed by atoms with Crippen LogP contribution in [-0.2, 0) is 14.3 Å². The van der Waals surface area contributed by atoms with Gasteiger partial charge in [-0.1, -0.05) is 6.42 Å². The fourth-order valence-electron chi connectivity index (χ4n) is 1.77. The van der Waals surface area contributed by atoms with Crippen molar-refractivity contribution in [3.63, 3.8) is 0 Å². The second-order valence-corrected chi connectivity index (χ2v) is 4.00. The standard InChI is InChI=1S/C11H18O4/c1-3-14-10(13)15-11(2)8-6-4-5-7-9(11)12/h3-8H2,1-2H3. The Balaban J connectivity index is 2.61. The minimum absolute atomic E-state index is 0.00746. The topological polar surface area (TPSA) is 52.6 Å². The summed E-state index contributed by atoms with van der Waals surface area (Å²) in [6, 6.07) is 0. The van der Waals surface area contributed by atoms with Gasteiger partial charge in [-0.2, -0.15) is 0 Å². The van der Waals surface area contributed by atoms with E-state index >= 15 is 0 Å². The first-order valence-corrected chi connectivity index (χ1v) is 5.47. The first-order chi connectivity index (χ1) is 7.08. The summed E-state index contributed by atoms with van der Waals surface area (Å²) in [6.07, 6.45) is 3.19. The van der Waals surface area contributed by atoms with E-state index in [1.54, 1.807) is 13.8 Å². The molecule has 0 aromatic carbocycles. The van der Waals surface area contributed by atoms with E-state index in [1.165, 1.54) is 0 Å². The van der Waals surface area contributed by atoms with Crippen molar-refractivity contribution in [2.24, 2.45) is 0 Å². The molecule has 1 saturated carbocycles. The van der Waals surface area contributed by atoms with Crippen molar-refractivity contribution in [3.8, 4) is 0 Å². The van der Waals surface area contributed by atoms with Gasteiger partial charge in [-0.25, -0.2) is 4.79 Å². The molecular weight excluding hydrogens is 196 g/mol. The molecule has 4 heteroatoms. The average Bonchev–Trinajstić information content (AvgIpc) is 2.30. The Bertz CT molecular complexity index is 249. The Hall–Kier alpha value is -1.06. The van der Waals surface area contributed by atoms with Gasteiger partial charge in [0.2, 0.25) is 0 Å². The second kappa shape index (κ2) is 5.14. The molecule has 15 heavy (non-hydrogen) atoms. The van der Waals surface area contributed by atoms with Crippen LogP contribution in [0.3, 0.4) is 0 Å². The number of ketones is 1. The van der Waals surface area contributed by atoms with Gasteiger partial charge in [0.1, 0.15) is 0 Å². The van der Waals surface area contributed by atoms with Gasteiger partial charge in [-0.15, -0.1) is 0 Å². The molecule has 4 nitrogen and oxygen atoms in total. The second-order valence-electron chi connectivity index (χ2n) is 4.00. The van der Waals surface area contributed by atoms with Crippen LogP contribution in [-0.4, -0.2) is 24.1 Å². The number of hydrogen-bond donors (Lipinski definition) is 0. The smallest absolute Gasteiger partial charge is 0.435 e. The van der Waals surface area contributed by atoms with E-state index in [-0.39, 0.29) is 12.4 Å². The highest BCUT2D eigenvalue weighted by Crippen LogP contribution is 2.27. The third-order valence-corrected chi connectivity index (χ3v) is 2.72. The highest BCUT2D eigenvalue weighted by atomic mass is 16.7. The van der Waals surface area contributed by atoms with E-state index < -0.39 is 11.8 Å². The summed E-state index contributed by atoms with van der Waals surface area (Å²) >= 11 is 0. The maximum atomic E-state index is 11.7. The van der Waals surface area contributed by atoms with Crippen LogP contribution in [0, 0.1) is 0 Å². The zero-order valence-corrected chi connectivity index (χ0v) is 9.38. The number of carbonyl (C=O) groups is 2. The highest BCUT2D eigenvalue weighted by Gasteiger charge is 2.38. The molecule has 0 bridgehead atoms. The van der Waals surface area contributed by atoms with Crippen LogP contribution in [0.5, 0.6) is 0 Å². The minimum atomic E-state index is -0.969. The molecule has 0 aliphatic heterocycles. The van der Waals surface area contributed by atoms with Gasteiger partial charge in [-0.05, 0) is 33.1 Å². The van der Waals surface area contributed by atoms with Crippen molar-refractivity contribution in [2.45, 2.75) is 51.6 Å². The Morgan fingerprint density at radius 2 is 2.13 bits per heavy atom. The summed E-state index contributed by atoms with van der Waals surface area (Å²) in [4.78, 5) is 22.9. The Morgan fingerprint density at radius 3 is 2.80 bits per heavy atom. The van der Waals surface area contributed by atoms with Crippen LogP contribution in [0.4, 0.5) is 4.79 Å². The molecule has 0 aromatic heterocycles. The van der Waals surface area contributed by atoms with Crippen LogP contribution in [0.25, 0.3) is 0 Å². The number of carbonyl (C=O) groups excluding carboxylic acids is 2. The summed E-state index contributed by atoms with van der Waals surface area (Å²) in [5.74, 6) is 0.00746. The normalized spacial score (nSPS) is 26.9. The summed E-state index contributed by atoms with van der Waals surface area (Å²) in [5, 5.41) is 0. The zero-order chi connectivity index (χ0) is 11.3. The van der Waals surface area contributed by atoms with Gasteiger partial charge in [0.25, 0.3) is 0 Å². The predicted octanol–water partition coefficient (Wildman–Crippen LogP) is 2.45. The van der Waals surface area contributed by atoms with Crippen LogP contribution in [0.15, 0.2) is 0 Å². The van der Waals surface area contributed by atoms with E-state index in [0.717, 1.165) is 19.3 Å². The number of ether oxygens (including phenoxy) is 2. The third kappa shape index (κ3) is 3.22. The average molecular weight is 214 g/mol. The van der Waals surface area contributed by atoms with Crippen molar-refractivity contribution < 1.29 is 19.1 Å². The summed E-state index contributed by atoms with van der Waals surface area (Å²) < 4.78 is 9.79. The van der Waals surface area contributed by atoms with E-state index in [0.29, 0.717) is 12.8 Å². The zero-order valence-electron chi connectivity index (χ0n) is 9.38. The lowest BCUT2D eigenvalue weighted by Crippen LogP contribution is -2.39. The highest BCUT2D eigenvalue weighted by molar-refractivity contribution is 5.88. The van der Waals surface area contributed by atoms with Crippen molar-refractivity contribution in [1.29, 1.82) is 0 Å². The molecule has 1 unspecified atom stereocenters. The van der Waals surface area contributed by atoms with E-state index in [1.807, 2.05) is 0 Å². The van der Waals surface area contributed by atoms with Crippen molar-refractivity contribution >= 4 is 11.9 Å². The van der Waals surface area contributed by atoms with E-state index in [9.17, 15) is 9.59 Å². The molecule has 1 fully saturated rings. The van der Waals surface area contributed by atoms with Crippen LogP contribution in [0.1, 0.15) is 46.0 Å². The molecule has 0 spiro atoms. The first-order valence-electron chi connectivity index (χ1n) is 5.47. The van der Waals surface area contributed by atoms with Crippen molar-refractivity contribution in [1.82, 2.24) is 0 Å². The first kappa shape index (κ1) is 12.0. The van der Waals surface area contributed by atoms with E-state index in [2.05, 4.69) is 4.74 Å². The minimum Gasteiger partial charge on any atom is -0.435 e. The fourth-order valence-corrected chi connectivity index (χ4v) is 1.77. The van der Waals surface area contributed by atoms with Crippen LogP contribution in [0.2, 0.25) is 0 Å². The van der Waals surface area contributed by atoms with Gasteiger partial charge >= 0.3 is 6.16 Å². The molecule has 1 aliphatic carbocycles. The van der Waals surface area contributed by atoms with Gasteiger partial charge < -0.3 is 9.47 Å². The number of hydrogen-bond acceptors (Lipinski definition) is 4. The fraction of sp³-hybridized carbons (Fsp3) is 0.818. The van der Waals surface area contributed by atoms with Gasteiger partial charge in [0.15, 0.2) is 11.4 Å². The van der Waals surface area contributed by atoms with Gasteiger partial charge in [0, 0.05) is 6.42 Å². The van der Waals surface area contributed by atoms with Gasteiger partial charge in [0.05, 0.1) is 6.61 Å². The molecule has 1 rings (SSSR count). The Kier molecular flexibility index (Phi) is 4.12. The number of rotatable bonds is 2.